The number of nitrogens with one attached hydrogen (secondary N) is 1. The van der Waals surface area contributed by atoms with E-state index in [2.05, 4.69) is 10.5 Å². The van der Waals surface area contributed by atoms with Crippen molar-refractivity contribution in [1.29, 1.82) is 0 Å². The topological polar surface area (TPSA) is 99.0 Å². The van der Waals surface area contributed by atoms with Crippen LogP contribution in [-0.4, -0.2) is 36.5 Å². The first-order chi connectivity index (χ1) is 18.1. The lowest BCUT2D eigenvalue weighted by molar-refractivity contribution is 0.171. The van der Waals surface area contributed by atoms with E-state index in [1.54, 1.807) is 24.1 Å². The molecule has 0 fully saturated rings. The van der Waals surface area contributed by atoms with E-state index >= 15 is 0 Å². The second kappa shape index (κ2) is 9.34. The van der Waals surface area contributed by atoms with Crippen LogP contribution in [0.25, 0.3) is 17.0 Å². The summed E-state index contributed by atoms with van der Waals surface area (Å²) >= 11 is 0. The van der Waals surface area contributed by atoms with E-state index < -0.39 is 6.04 Å². The van der Waals surface area contributed by atoms with Gasteiger partial charge in [-0.3, -0.25) is 4.90 Å². The second-order valence-corrected chi connectivity index (χ2v) is 8.61. The Bertz CT molecular complexity index is 1500. The average molecular weight is 497 g/mol. The first-order valence-corrected chi connectivity index (χ1v) is 11.9. The summed E-state index contributed by atoms with van der Waals surface area (Å²) in [5.74, 6) is 2.68. The summed E-state index contributed by atoms with van der Waals surface area (Å²) in [5.41, 5.74) is 3.61. The van der Waals surface area contributed by atoms with Crippen LogP contribution in [0.2, 0.25) is 0 Å². The molecule has 1 unspecified atom stereocenters. The first-order valence-electron chi connectivity index (χ1n) is 11.9. The summed E-state index contributed by atoms with van der Waals surface area (Å²) in [4.78, 5) is 19.8. The van der Waals surface area contributed by atoms with Gasteiger partial charge in [-0.15, -0.1) is 0 Å². The summed E-state index contributed by atoms with van der Waals surface area (Å²) < 4.78 is 22.6. The van der Waals surface area contributed by atoms with Crippen LogP contribution in [0.4, 0.5) is 10.5 Å². The number of carbonyl (C=O) groups is 1. The highest BCUT2D eigenvalue weighted by Crippen LogP contribution is 2.42. The van der Waals surface area contributed by atoms with E-state index in [4.69, 9.17) is 23.7 Å². The van der Waals surface area contributed by atoms with Gasteiger partial charge in [-0.2, -0.15) is 4.98 Å². The Labute approximate surface area is 213 Å². The van der Waals surface area contributed by atoms with Crippen molar-refractivity contribution >= 4 is 17.3 Å². The fourth-order valence-electron chi connectivity index (χ4n) is 4.61. The fourth-order valence-corrected chi connectivity index (χ4v) is 4.61. The Morgan fingerprint density at radius 1 is 0.973 bits per heavy atom. The molecule has 1 aromatic heterocycles. The van der Waals surface area contributed by atoms with Gasteiger partial charge in [0, 0.05) is 17.3 Å². The standard InChI is InChI=1S/C28H24N4O5/c1-17-24(27-30-26(31-37-27)18-7-4-3-5-8-18)25(19-9-6-10-21(15-19)34-2)29-28(33)32(17)20-11-12-22-23(16-20)36-14-13-35-22/h3-12,15-16,25H,13-14H2,1-2H3,(H,29,33). The number of nitrogens with zero attached hydrogens (tertiary/aromatic N) is 3. The van der Waals surface area contributed by atoms with Crippen molar-refractivity contribution in [3.05, 3.63) is 89.9 Å². The highest BCUT2D eigenvalue weighted by Gasteiger charge is 2.37. The van der Waals surface area contributed by atoms with Crippen molar-refractivity contribution in [2.45, 2.75) is 13.0 Å². The molecular formula is C28H24N4O5. The zero-order chi connectivity index (χ0) is 25.4. The van der Waals surface area contributed by atoms with Crippen molar-refractivity contribution in [2.24, 2.45) is 0 Å². The van der Waals surface area contributed by atoms with E-state index in [1.165, 1.54) is 0 Å². The predicted molar refractivity (Wildman–Crippen MR) is 137 cm³/mol. The molecule has 4 aromatic rings. The average Bonchev–Trinajstić information content (AvgIpc) is 3.43. The monoisotopic (exact) mass is 496 g/mol. The molecule has 9 nitrogen and oxygen atoms in total. The van der Waals surface area contributed by atoms with Crippen LogP contribution in [0, 0.1) is 0 Å². The SMILES string of the molecule is COc1cccc(C2NC(=O)N(c3ccc4c(c3)OCCO4)C(C)=C2c2nc(-c3ccccc3)no2)c1. The molecule has 0 saturated carbocycles. The van der Waals surface area contributed by atoms with Gasteiger partial charge in [-0.05, 0) is 36.8 Å². The van der Waals surface area contributed by atoms with Crippen molar-refractivity contribution in [3.8, 4) is 28.6 Å². The lowest BCUT2D eigenvalue weighted by Crippen LogP contribution is -2.46. The summed E-state index contributed by atoms with van der Waals surface area (Å²) in [6.07, 6.45) is 0. The van der Waals surface area contributed by atoms with Crippen molar-refractivity contribution in [2.75, 3.05) is 25.2 Å². The van der Waals surface area contributed by atoms with Crippen molar-refractivity contribution in [1.82, 2.24) is 15.5 Å². The number of ether oxygens (including phenoxy) is 3. The molecule has 3 aromatic carbocycles. The Hall–Kier alpha value is -4.79. The minimum atomic E-state index is -0.542. The number of hydrogen-bond acceptors (Lipinski definition) is 7. The molecule has 0 saturated heterocycles. The van der Waals surface area contributed by atoms with Crippen LogP contribution in [0.1, 0.15) is 24.4 Å². The molecule has 0 radical (unpaired) electrons. The van der Waals surface area contributed by atoms with Gasteiger partial charge in [-0.25, -0.2) is 4.79 Å². The molecule has 2 amide bonds. The molecule has 0 bridgehead atoms. The number of urea groups is 1. The van der Waals surface area contributed by atoms with Gasteiger partial charge in [-0.1, -0.05) is 47.6 Å². The zero-order valence-corrected chi connectivity index (χ0v) is 20.3. The number of anilines is 1. The number of hydrogen-bond donors (Lipinski definition) is 1. The van der Waals surface area contributed by atoms with Gasteiger partial charge in [0.05, 0.1) is 24.4 Å². The van der Waals surface area contributed by atoms with Crippen LogP contribution in [0.15, 0.2) is 83.0 Å². The fraction of sp³-hybridized carbons (Fsp3) is 0.179. The molecule has 0 spiro atoms. The minimum absolute atomic E-state index is 0.298. The van der Waals surface area contributed by atoms with E-state index in [9.17, 15) is 4.79 Å². The lowest BCUT2D eigenvalue weighted by Gasteiger charge is -2.35. The molecule has 9 heteroatoms. The van der Waals surface area contributed by atoms with Crippen LogP contribution in [0.3, 0.4) is 0 Å². The molecule has 2 aliphatic heterocycles. The second-order valence-electron chi connectivity index (χ2n) is 8.61. The number of benzene rings is 3. The summed E-state index contributed by atoms with van der Waals surface area (Å²) in [6, 6.07) is 21.7. The summed E-state index contributed by atoms with van der Waals surface area (Å²) in [7, 11) is 1.61. The maximum absolute atomic E-state index is 13.5. The molecule has 1 atom stereocenters. The first kappa shape index (κ1) is 22.7. The number of carbonyl (C=O) groups excluding carboxylic acids is 1. The van der Waals surface area contributed by atoms with Gasteiger partial charge >= 0.3 is 6.03 Å². The third kappa shape index (κ3) is 4.14. The molecule has 1 N–H and O–H groups in total. The highest BCUT2D eigenvalue weighted by atomic mass is 16.6. The summed E-state index contributed by atoms with van der Waals surface area (Å²) in [5, 5.41) is 7.33. The van der Waals surface area contributed by atoms with Gasteiger partial charge in [0.15, 0.2) is 11.5 Å². The molecular weight excluding hydrogens is 472 g/mol. The minimum Gasteiger partial charge on any atom is -0.497 e. The van der Waals surface area contributed by atoms with Gasteiger partial charge < -0.3 is 24.1 Å². The number of aromatic nitrogens is 2. The quantitative estimate of drug-likeness (QED) is 0.404. The molecule has 3 heterocycles. The smallest absolute Gasteiger partial charge is 0.327 e. The Morgan fingerprint density at radius 2 is 1.78 bits per heavy atom. The van der Waals surface area contributed by atoms with E-state index in [0.717, 1.165) is 11.1 Å². The number of allylic oxidation sites excluding steroid dienone is 1. The van der Waals surface area contributed by atoms with Gasteiger partial charge in [0.25, 0.3) is 5.89 Å². The van der Waals surface area contributed by atoms with Crippen LogP contribution >= 0.6 is 0 Å². The number of methoxy groups -OCH3 is 1. The number of rotatable bonds is 5. The van der Waals surface area contributed by atoms with Gasteiger partial charge in [0.1, 0.15) is 19.0 Å². The Kier molecular flexibility index (Phi) is 5.72. The lowest BCUT2D eigenvalue weighted by atomic mass is 9.94. The van der Waals surface area contributed by atoms with Crippen molar-refractivity contribution < 1.29 is 23.5 Å². The van der Waals surface area contributed by atoms with E-state index in [1.807, 2.05) is 67.6 Å². The van der Waals surface area contributed by atoms with Crippen LogP contribution in [-0.2, 0) is 0 Å². The van der Waals surface area contributed by atoms with Gasteiger partial charge in [0.2, 0.25) is 5.82 Å². The molecule has 6 rings (SSSR count). The Balaban J connectivity index is 1.49. The van der Waals surface area contributed by atoms with Crippen LogP contribution < -0.4 is 24.4 Å². The Morgan fingerprint density at radius 3 is 2.59 bits per heavy atom. The third-order valence-corrected chi connectivity index (χ3v) is 6.38. The largest absolute Gasteiger partial charge is 0.497 e. The maximum atomic E-state index is 13.5. The zero-order valence-electron chi connectivity index (χ0n) is 20.3. The number of fused-ring (bicyclic) bond motifs is 1. The normalized spacial score (nSPS) is 17.0. The maximum Gasteiger partial charge on any atom is 0.327 e. The van der Waals surface area contributed by atoms with E-state index in [-0.39, 0.29) is 6.03 Å². The molecule has 0 aliphatic carbocycles. The third-order valence-electron chi connectivity index (χ3n) is 6.38. The van der Waals surface area contributed by atoms with Crippen molar-refractivity contribution in [3.63, 3.8) is 0 Å². The predicted octanol–water partition coefficient (Wildman–Crippen LogP) is 5.22. The molecule has 2 aliphatic rings. The summed E-state index contributed by atoms with van der Waals surface area (Å²) in [6.45, 7) is 2.80. The molecule has 37 heavy (non-hydrogen) atoms. The number of amides is 2. The van der Waals surface area contributed by atoms with E-state index in [0.29, 0.717) is 59.1 Å². The van der Waals surface area contributed by atoms with Crippen LogP contribution in [0.5, 0.6) is 17.2 Å². The highest BCUT2D eigenvalue weighted by molar-refractivity contribution is 6.01. The molecule has 186 valence electrons.